The number of nitrogens with zero attached hydrogens (tertiary/aromatic N) is 5. The van der Waals surface area contributed by atoms with Gasteiger partial charge in [-0.2, -0.15) is 4.98 Å². The van der Waals surface area contributed by atoms with Crippen molar-refractivity contribution in [2.24, 2.45) is 0 Å². The van der Waals surface area contributed by atoms with Crippen LogP contribution in [0.1, 0.15) is 20.3 Å². The lowest BCUT2D eigenvalue weighted by molar-refractivity contribution is -0.384. The number of rotatable bonds is 9. The minimum absolute atomic E-state index is 0.0520. The number of hydrogen-bond acceptors (Lipinski definition) is 7. The molecule has 1 N–H and O–H groups in total. The lowest BCUT2D eigenvalue weighted by atomic mass is 10.3. The molecule has 8 nitrogen and oxygen atoms in total. The third kappa shape index (κ3) is 5.14. The molecule has 0 amide bonds. The molecule has 0 fully saturated rings. The zero-order valence-electron chi connectivity index (χ0n) is 13.2. The van der Waals surface area contributed by atoms with Crippen LogP contribution in [0.4, 0.5) is 17.5 Å². The molecule has 0 radical (unpaired) electrons. The predicted octanol–water partition coefficient (Wildman–Crippen LogP) is 1.59. The fraction of sp³-hybridized carbons (Fsp3) is 0.692. The van der Waals surface area contributed by atoms with Crippen molar-refractivity contribution in [2.45, 2.75) is 20.3 Å². The van der Waals surface area contributed by atoms with Gasteiger partial charge < -0.3 is 15.1 Å². The van der Waals surface area contributed by atoms with Gasteiger partial charge in [-0.1, -0.05) is 6.92 Å². The lowest BCUT2D eigenvalue weighted by Crippen LogP contribution is -2.33. The Morgan fingerprint density at radius 2 is 2.00 bits per heavy atom. The highest BCUT2D eigenvalue weighted by Gasteiger charge is 2.22. The van der Waals surface area contributed by atoms with Gasteiger partial charge in [-0.3, -0.25) is 10.1 Å². The molecule has 0 unspecified atom stereocenters. The quantitative estimate of drug-likeness (QED) is 0.547. The maximum Gasteiger partial charge on any atom is 0.329 e. The largest absolute Gasteiger partial charge is 0.354 e. The number of aromatic nitrogens is 2. The zero-order chi connectivity index (χ0) is 15.8. The molecule has 0 saturated carbocycles. The van der Waals surface area contributed by atoms with Crippen LogP contribution in [0.25, 0.3) is 0 Å². The van der Waals surface area contributed by atoms with Gasteiger partial charge in [0.1, 0.15) is 6.20 Å². The van der Waals surface area contributed by atoms with Crippen LogP contribution in [-0.2, 0) is 0 Å². The SMILES string of the molecule is CCCN(CCN(C)C)c1nc(NCC)ncc1[N+](=O)[O-]. The normalized spacial score (nSPS) is 10.7. The summed E-state index contributed by atoms with van der Waals surface area (Å²) in [5, 5.41) is 14.2. The van der Waals surface area contributed by atoms with Crippen LogP contribution < -0.4 is 10.2 Å². The lowest BCUT2D eigenvalue weighted by Gasteiger charge is -2.24. The molecular weight excluding hydrogens is 272 g/mol. The van der Waals surface area contributed by atoms with E-state index in [-0.39, 0.29) is 5.69 Å². The summed E-state index contributed by atoms with van der Waals surface area (Å²) in [5.74, 6) is 0.804. The van der Waals surface area contributed by atoms with Gasteiger partial charge in [0.25, 0.3) is 0 Å². The summed E-state index contributed by atoms with van der Waals surface area (Å²) in [6.07, 6.45) is 2.17. The molecule has 1 aromatic rings. The van der Waals surface area contributed by atoms with E-state index in [2.05, 4.69) is 15.3 Å². The van der Waals surface area contributed by atoms with Gasteiger partial charge in [0, 0.05) is 26.2 Å². The molecular formula is C13H24N6O2. The van der Waals surface area contributed by atoms with Gasteiger partial charge in [-0.15, -0.1) is 0 Å². The Kier molecular flexibility index (Phi) is 6.80. The second-order valence-electron chi connectivity index (χ2n) is 4.98. The highest BCUT2D eigenvalue weighted by atomic mass is 16.6. The van der Waals surface area contributed by atoms with Crippen molar-refractivity contribution in [2.75, 3.05) is 50.5 Å². The molecule has 8 heteroatoms. The molecule has 0 aliphatic carbocycles. The first-order chi connectivity index (χ1) is 9.99. The van der Waals surface area contributed by atoms with Crippen LogP contribution >= 0.6 is 0 Å². The monoisotopic (exact) mass is 296 g/mol. The minimum atomic E-state index is -0.427. The number of likely N-dealkylation sites (N-methyl/N-ethyl adjacent to an activating group) is 1. The van der Waals surface area contributed by atoms with Crippen molar-refractivity contribution < 1.29 is 4.92 Å². The van der Waals surface area contributed by atoms with Crippen LogP contribution in [0.3, 0.4) is 0 Å². The summed E-state index contributed by atoms with van der Waals surface area (Å²) in [5.41, 5.74) is -0.0520. The molecule has 1 rings (SSSR count). The van der Waals surface area contributed by atoms with E-state index in [1.54, 1.807) is 0 Å². The Morgan fingerprint density at radius 1 is 1.29 bits per heavy atom. The molecule has 0 aromatic carbocycles. The van der Waals surface area contributed by atoms with Crippen LogP contribution in [0.2, 0.25) is 0 Å². The van der Waals surface area contributed by atoms with Crippen LogP contribution in [0.15, 0.2) is 6.20 Å². The molecule has 0 aliphatic rings. The minimum Gasteiger partial charge on any atom is -0.354 e. The van der Waals surface area contributed by atoms with Crippen LogP contribution in [0.5, 0.6) is 0 Å². The van der Waals surface area contributed by atoms with Gasteiger partial charge in [0.2, 0.25) is 11.8 Å². The summed E-state index contributed by atoms with van der Waals surface area (Å²) in [7, 11) is 3.95. The third-order valence-electron chi connectivity index (χ3n) is 2.89. The van der Waals surface area contributed by atoms with E-state index in [0.29, 0.717) is 24.9 Å². The van der Waals surface area contributed by atoms with E-state index in [9.17, 15) is 10.1 Å². The van der Waals surface area contributed by atoms with Gasteiger partial charge in [0.05, 0.1) is 4.92 Å². The molecule has 21 heavy (non-hydrogen) atoms. The molecule has 0 spiro atoms. The van der Waals surface area contributed by atoms with E-state index in [1.807, 2.05) is 37.7 Å². The van der Waals surface area contributed by atoms with E-state index in [0.717, 1.165) is 19.5 Å². The molecule has 118 valence electrons. The fourth-order valence-corrected chi connectivity index (χ4v) is 1.89. The maximum absolute atomic E-state index is 11.2. The second kappa shape index (κ2) is 8.35. The fourth-order valence-electron chi connectivity index (χ4n) is 1.89. The van der Waals surface area contributed by atoms with Gasteiger partial charge in [0.15, 0.2) is 0 Å². The molecule has 0 atom stereocenters. The number of nitrogens with one attached hydrogen (secondary N) is 1. The van der Waals surface area contributed by atoms with E-state index in [1.165, 1.54) is 6.20 Å². The number of anilines is 2. The topological polar surface area (TPSA) is 87.4 Å². The second-order valence-corrected chi connectivity index (χ2v) is 4.98. The van der Waals surface area contributed by atoms with E-state index in [4.69, 9.17) is 0 Å². The van der Waals surface area contributed by atoms with Crippen LogP contribution in [-0.4, -0.2) is 60.1 Å². The summed E-state index contributed by atoms with van der Waals surface area (Å²) in [4.78, 5) is 23.1. The van der Waals surface area contributed by atoms with E-state index < -0.39 is 4.92 Å². The Labute approximate surface area is 125 Å². The molecule has 1 aromatic heterocycles. The van der Waals surface area contributed by atoms with Crippen molar-refractivity contribution in [1.82, 2.24) is 14.9 Å². The Hall–Kier alpha value is -1.96. The molecule has 0 saturated heterocycles. The van der Waals surface area contributed by atoms with Crippen molar-refractivity contribution in [1.29, 1.82) is 0 Å². The summed E-state index contributed by atoms with van der Waals surface area (Å²) >= 11 is 0. The average molecular weight is 296 g/mol. The average Bonchev–Trinajstić information content (AvgIpc) is 2.43. The summed E-state index contributed by atoms with van der Waals surface area (Å²) < 4.78 is 0. The summed E-state index contributed by atoms with van der Waals surface area (Å²) in [6, 6.07) is 0. The molecule has 1 heterocycles. The van der Waals surface area contributed by atoms with Crippen molar-refractivity contribution in [3.8, 4) is 0 Å². The molecule has 0 aliphatic heterocycles. The van der Waals surface area contributed by atoms with Crippen LogP contribution in [0, 0.1) is 10.1 Å². The Morgan fingerprint density at radius 3 is 2.52 bits per heavy atom. The zero-order valence-corrected chi connectivity index (χ0v) is 13.2. The first-order valence-corrected chi connectivity index (χ1v) is 7.14. The molecule has 0 bridgehead atoms. The highest BCUT2D eigenvalue weighted by Crippen LogP contribution is 2.26. The summed E-state index contributed by atoms with van der Waals surface area (Å²) in [6.45, 7) is 6.85. The van der Waals surface area contributed by atoms with E-state index >= 15 is 0 Å². The Bertz CT molecular complexity index is 466. The van der Waals surface area contributed by atoms with Gasteiger partial charge >= 0.3 is 5.69 Å². The smallest absolute Gasteiger partial charge is 0.329 e. The highest BCUT2D eigenvalue weighted by molar-refractivity contribution is 5.58. The number of nitro groups is 1. The predicted molar refractivity (Wildman–Crippen MR) is 83.9 cm³/mol. The number of hydrogen-bond donors (Lipinski definition) is 1. The first kappa shape index (κ1) is 17.1. The Balaban J connectivity index is 3.11. The van der Waals surface area contributed by atoms with Crippen molar-refractivity contribution in [3.63, 3.8) is 0 Å². The van der Waals surface area contributed by atoms with Gasteiger partial charge in [-0.25, -0.2) is 4.98 Å². The standard InChI is InChI=1S/C13H24N6O2/c1-5-7-18(9-8-17(3)4)12-11(19(20)21)10-15-13(16-12)14-6-2/h10H,5-9H2,1-4H3,(H,14,15,16). The third-order valence-corrected chi connectivity index (χ3v) is 2.89. The van der Waals surface area contributed by atoms with Gasteiger partial charge in [-0.05, 0) is 27.4 Å². The van der Waals surface area contributed by atoms with Crippen molar-refractivity contribution in [3.05, 3.63) is 16.3 Å². The first-order valence-electron chi connectivity index (χ1n) is 7.14. The maximum atomic E-state index is 11.2. The van der Waals surface area contributed by atoms with Crippen molar-refractivity contribution >= 4 is 17.5 Å².